The minimum atomic E-state index is -0.177. The van der Waals surface area contributed by atoms with Crippen LogP contribution in [0.25, 0.3) is 24.3 Å². The van der Waals surface area contributed by atoms with Crippen LogP contribution in [0.3, 0.4) is 0 Å². The van der Waals surface area contributed by atoms with Gasteiger partial charge in [0.05, 0.1) is 14.1 Å². The van der Waals surface area contributed by atoms with Gasteiger partial charge in [-0.3, -0.25) is 0 Å². The predicted octanol–water partition coefficient (Wildman–Crippen LogP) is 1.66. The fraction of sp³-hybridized carbons (Fsp3) is 0.333. The molecule has 2 N–H and O–H groups in total. The second-order valence-corrected chi connectivity index (χ2v) is 8.89. The van der Waals surface area contributed by atoms with Gasteiger partial charge in [-0.05, 0) is 76.3 Å². The molecule has 3 aromatic rings. The van der Waals surface area contributed by atoms with E-state index in [4.69, 9.17) is 0 Å². The zero-order valence-electron chi connectivity index (χ0n) is 23.1. The molecule has 1 aromatic heterocycles. The van der Waals surface area contributed by atoms with Gasteiger partial charge in [0.15, 0.2) is 0 Å². The number of anilines is 2. The summed E-state index contributed by atoms with van der Waals surface area (Å²) in [5.41, 5.74) is 4.49. The molecule has 0 saturated carbocycles. The first kappa shape index (κ1) is 30.5. The lowest BCUT2D eigenvalue weighted by molar-refractivity contribution is -0.692. The molecular formula is C30H39ClN4O3. The fourth-order valence-electron chi connectivity index (χ4n) is 4.38. The lowest BCUT2D eigenvalue weighted by Gasteiger charge is -2.21. The molecule has 0 atom stereocenters. The first-order chi connectivity index (χ1) is 17.7. The van der Waals surface area contributed by atoms with E-state index >= 15 is 0 Å². The number of hydrogen-bond acceptors (Lipinski definition) is 5. The van der Waals surface area contributed by atoms with E-state index in [2.05, 4.69) is 37.5 Å². The van der Waals surface area contributed by atoms with Crippen LogP contribution in [0.15, 0.2) is 47.3 Å². The zero-order chi connectivity index (χ0) is 27.1. The van der Waals surface area contributed by atoms with Gasteiger partial charge in [0.1, 0.15) is 22.9 Å². The Labute approximate surface area is 232 Å². The average molecular weight is 539 g/mol. The molecule has 0 aliphatic rings. The van der Waals surface area contributed by atoms with Crippen LogP contribution in [-0.4, -0.2) is 41.0 Å². The highest BCUT2D eigenvalue weighted by Gasteiger charge is 2.14. The van der Waals surface area contributed by atoms with Crippen molar-refractivity contribution >= 4 is 35.7 Å². The van der Waals surface area contributed by atoms with Crippen LogP contribution in [-0.2, 0) is 14.1 Å². The third-order valence-corrected chi connectivity index (χ3v) is 6.80. The van der Waals surface area contributed by atoms with Gasteiger partial charge >= 0.3 is 5.69 Å². The summed E-state index contributed by atoms with van der Waals surface area (Å²) in [6, 6.07) is 13.2. The Morgan fingerprint density at radius 2 is 1.21 bits per heavy atom. The Kier molecular flexibility index (Phi) is 11.0. The number of aromatic hydroxyl groups is 2. The van der Waals surface area contributed by atoms with Gasteiger partial charge in [-0.2, -0.15) is 13.9 Å². The molecule has 7 nitrogen and oxygen atoms in total. The largest absolute Gasteiger partial charge is 1.00 e. The molecule has 0 spiro atoms. The molecule has 0 aliphatic heterocycles. The Hall–Kier alpha value is -3.71. The number of hydrogen-bond donors (Lipinski definition) is 2. The van der Waals surface area contributed by atoms with Crippen molar-refractivity contribution < 1.29 is 27.2 Å². The average Bonchev–Trinajstić information content (AvgIpc) is 2.89. The molecule has 0 unspecified atom stereocenters. The third kappa shape index (κ3) is 6.78. The molecule has 0 fully saturated rings. The molecule has 0 amide bonds. The minimum Gasteiger partial charge on any atom is -1.00 e. The van der Waals surface area contributed by atoms with Crippen molar-refractivity contribution in [3.05, 3.63) is 75.5 Å². The van der Waals surface area contributed by atoms with E-state index in [0.717, 1.165) is 37.6 Å². The van der Waals surface area contributed by atoms with E-state index in [1.807, 2.05) is 42.5 Å². The van der Waals surface area contributed by atoms with E-state index in [-0.39, 0.29) is 29.6 Å². The second kappa shape index (κ2) is 13.7. The summed E-state index contributed by atoms with van der Waals surface area (Å²) in [5.74, 6) is 0.381. The van der Waals surface area contributed by atoms with Crippen molar-refractivity contribution in [2.45, 2.75) is 27.7 Å². The summed E-state index contributed by atoms with van der Waals surface area (Å²) < 4.78 is 3.12. The van der Waals surface area contributed by atoms with Crippen LogP contribution in [0.2, 0.25) is 0 Å². The van der Waals surface area contributed by atoms with E-state index in [1.54, 1.807) is 47.5 Å². The lowest BCUT2D eigenvalue weighted by atomic mass is 10.1. The van der Waals surface area contributed by atoms with Crippen molar-refractivity contribution in [1.82, 2.24) is 4.57 Å². The SMILES string of the molecule is CCN(CC)c1ccc(C=Cc2cc(C=Cc3ccc(N(CC)CC)cc3O)[n+](C)c(=O)n2C)c(O)c1.[Cl-]. The fourth-order valence-corrected chi connectivity index (χ4v) is 4.38. The Bertz CT molecular complexity index is 1260. The standard InChI is InChI=1S/C30H38N4O3.ClH/c1-7-33(8-2)26-17-13-22(28(35)20-26)11-15-24-19-25(32(6)30(37)31(24)5)16-12-23-14-18-27(21-29(23)36)34(9-3)10-4;/h11-21H,7-10H2,1-6H3,(H,35,36);1H. The van der Waals surface area contributed by atoms with Crippen LogP contribution in [0.5, 0.6) is 11.5 Å². The highest BCUT2D eigenvalue weighted by molar-refractivity contribution is 5.75. The predicted molar refractivity (Wildman–Crippen MR) is 154 cm³/mol. The smallest absolute Gasteiger partial charge is 0.498 e. The highest BCUT2D eigenvalue weighted by Crippen LogP contribution is 2.27. The van der Waals surface area contributed by atoms with Crippen molar-refractivity contribution in [2.75, 3.05) is 36.0 Å². The number of phenols is 2. The van der Waals surface area contributed by atoms with Crippen molar-refractivity contribution in [3.8, 4) is 11.5 Å². The normalized spacial score (nSPS) is 11.2. The molecule has 0 bridgehead atoms. The zero-order valence-corrected chi connectivity index (χ0v) is 23.9. The van der Waals surface area contributed by atoms with Crippen LogP contribution >= 0.6 is 0 Å². The van der Waals surface area contributed by atoms with Crippen molar-refractivity contribution in [3.63, 3.8) is 0 Å². The first-order valence-electron chi connectivity index (χ1n) is 12.9. The van der Waals surface area contributed by atoms with Gasteiger partial charge in [0.2, 0.25) is 0 Å². The topological polar surface area (TPSA) is 72.8 Å². The van der Waals surface area contributed by atoms with Gasteiger partial charge in [-0.1, -0.05) is 0 Å². The number of benzene rings is 2. The maximum atomic E-state index is 12.9. The molecule has 38 heavy (non-hydrogen) atoms. The third-order valence-electron chi connectivity index (χ3n) is 6.80. The minimum absolute atomic E-state index is 0. The Morgan fingerprint density at radius 3 is 1.63 bits per heavy atom. The van der Waals surface area contributed by atoms with Gasteiger partial charge in [-0.15, -0.1) is 0 Å². The maximum Gasteiger partial charge on any atom is 0.498 e. The van der Waals surface area contributed by atoms with E-state index in [1.165, 1.54) is 0 Å². The van der Waals surface area contributed by atoms with E-state index in [9.17, 15) is 15.0 Å². The van der Waals surface area contributed by atoms with E-state index in [0.29, 0.717) is 22.5 Å². The summed E-state index contributed by atoms with van der Waals surface area (Å²) >= 11 is 0. The quantitative estimate of drug-likeness (QED) is 0.384. The van der Waals surface area contributed by atoms with Gasteiger partial charge in [0, 0.05) is 66.9 Å². The van der Waals surface area contributed by atoms with Gasteiger partial charge in [-0.25, -0.2) is 0 Å². The monoisotopic (exact) mass is 538 g/mol. The van der Waals surface area contributed by atoms with E-state index < -0.39 is 0 Å². The molecule has 8 heteroatoms. The number of phenolic OH excluding ortho intramolecular Hbond substituents is 2. The summed E-state index contributed by atoms with van der Waals surface area (Å²) in [4.78, 5) is 17.2. The van der Waals surface area contributed by atoms with Crippen LogP contribution in [0.1, 0.15) is 50.2 Å². The molecule has 0 radical (unpaired) electrons. The summed E-state index contributed by atoms with van der Waals surface area (Å²) in [7, 11) is 3.44. The molecule has 2 aromatic carbocycles. The summed E-state index contributed by atoms with van der Waals surface area (Å²) in [6.07, 6.45) is 7.26. The van der Waals surface area contributed by atoms with Crippen molar-refractivity contribution in [1.29, 1.82) is 0 Å². The number of rotatable bonds is 10. The second-order valence-electron chi connectivity index (χ2n) is 8.89. The van der Waals surface area contributed by atoms with Crippen LogP contribution < -0.4 is 32.5 Å². The van der Waals surface area contributed by atoms with Crippen LogP contribution in [0.4, 0.5) is 11.4 Å². The Balaban J connectivity index is 0.00000507. The first-order valence-corrected chi connectivity index (χ1v) is 12.9. The summed E-state index contributed by atoms with van der Waals surface area (Å²) in [5, 5.41) is 21.1. The molecule has 204 valence electrons. The highest BCUT2D eigenvalue weighted by atomic mass is 35.5. The van der Waals surface area contributed by atoms with Crippen molar-refractivity contribution in [2.24, 2.45) is 14.1 Å². The molecule has 1 heterocycles. The molecule has 0 saturated heterocycles. The van der Waals surface area contributed by atoms with Gasteiger partial charge < -0.3 is 32.4 Å². The summed E-state index contributed by atoms with van der Waals surface area (Å²) in [6.45, 7) is 11.8. The molecular weight excluding hydrogens is 500 g/mol. The molecule has 0 aliphatic carbocycles. The number of halogens is 1. The van der Waals surface area contributed by atoms with Crippen LogP contribution in [0, 0.1) is 0 Å². The van der Waals surface area contributed by atoms with Gasteiger partial charge in [0.25, 0.3) is 0 Å². The lowest BCUT2D eigenvalue weighted by Crippen LogP contribution is -3.00. The molecule has 3 rings (SSSR count). The maximum absolute atomic E-state index is 12.9. The number of aromatic nitrogens is 2. The Morgan fingerprint density at radius 1 is 0.763 bits per heavy atom. The number of nitrogens with zero attached hydrogens (tertiary/aromatic N) is 4.